The maximum Gasteiger partial charge on any atom is 0.329 e. The Labute approximate surface area is 136 Å². The maximum atomic E-state index is 13.0. The number of carboxylic acid groups (broad SMARTS) is 1. The van der Waals surface area contributed by atoms with E-state index in [0.29, 0.717) is 31.4 Å². The third kappa shape index (κ3) is 4.85. The van der Waals surface area contributed by atoms with E-state index in [2.05, 4.69) is 5.32 Å². The van der Waals surface area contributed by atoms with Crippen molar-refractivity contribution in [3.63, 3.8) is 0 Å². The maximum absolute atomic E-state index is 13.0. The molecule has 0 aromatic heterocycles. The van der Waals surface area contributed by atoms with Crippen LogP contribution in [0.25, 0.3) is 0 Å². The number of nitro groups is 1. The van der Waals surface area contributed by atoms with Crippen molar-refractivity contribution < 1.29 is 28.3 Å². The lowest BCUT2D eigenvalue weighted by Crippen LogP contribution is -2.30. The van der Waals surface area contributed by atoms with E-state index in [1.807, 2.05) is 0 Å². The summed E-state index contributed by atoms with van der Waals surface area (Å²) >= 11 is 0. The Morgan fingerprint density at radius 3 is 2.58 bits per heavy atom. The molecule has 1 saturated carbocycles. The monoisotopic (exact) mass is 344 g/mol. The minimum absolute atomic E-state index is 0.0293. The van der Waals surface area contributed by atoms with Gasteiger partial charge < -0.3 is 15.2 Å². The average molecular weight is 344 g/mol. The molecule has 0 saturated heterocycles. The number of anilines is 1. The predicted molar refractivity (Wildman–Crippen MR) is 81.3 cm³/mol. The fourth-order valence-electron chi connectivity index (χ4n) is 2.78. The van der Waals surface area contributed by atoms with Crippen LogP contribution in [0.4, 0.5) is 20.2 Å². The quantitative estimate of drug-likeness (QED) is 0.581. The summed E-state index contributed by atoms with van der Waals surface area (Å²) < 4.78 is 31.1. The number of nitrogens with one attached hydrogen (secondary N) is 1. The van der Waals surface area contributed by atoms with Gasteiger partial charge in [-0.3, -0.25) is 10.1 Å². The number of nitrogens with zero attached hydrogens (tertiary/aromatic N) is 1. The fraction of sp³-hybridized carbons (Fsp3) is 0.533. The van der Waals surface area contributed by atoms with Crippen molar-refractivity contribution in [2.45, 2.75) is 44.3 Å². The lowest BCUT2D eigenvalue weighted by Gasteiger charge is -2.29. The first kappa shape index (κ1) is 18.1. The minimum Gasteiger partial charge on any atom is -0.480 e. The van der Waals surface area contributed by atoms with Crippen LogP contribution in [0.5, 0.6) is 0 Å². The molecular weight excluding hydrogens is 326 g/mol. The Balaban J connectivity index is 1.94. The minimum atomic E-state index is -2.92. The van der Waals surface area contributed by atoms with Crippen molar-refractivity contribution in [2.24, 2.45) is 0 Å². The second kappa shape index (κ2) is 8.00. The van der Waals surface area contributed by atoms with Gasteiger partial charge in [-0.1, -0.05) is 0 Å². The average Bonchev–Trinajstić information content (AvgIpc) is 2.53. The van der Waals surface area contributed by atoms with Gasteiger partial charge in [-0.25, -0.2) is 13.6 Å². The molecule has 0 radical (unpaired) electrons. The van der Waals surface area contributed by atoms with Crippen molar-refractivity contribution in [3.8, 4) is 0 Å². The number of nitro benzene ring substituents is 1. The number of ether oxygens (including phenoxy) is 1. The SMILES string of the molecule is O=C(O)CO[C@H]1CC[C@H](Nc2ccc([N+](=O)[O-])c(C(F)F)c2)CC1. The van der Waals surface area contributed by atoms with Gasteiger partial charge in [0, 0.05) is 17.8 Å². The number of benzene rings is 1. The van der Waals surface area contributed by atoms with Gasteiger partial charge in [0.1, 0.15) is 6.61 Å². The van der Waals surface area contributed by atoms with Gasteiger partial charge in [0.2, 0.25) is 0 Å². The number of rotatable bonds is 7. The molecule has 1 fully saturated rings. The van der Waals surface area contributed by atoms with E-state index in [9.17, 15) is 23.7 Å². The van der Waals surface area contributed by atoms with Gasteiger partial charge in [-0.05, 0) is 37.8 Å². The zero-order chi connectivity index (χ0) is 17.7. The van der Waals surface area contributed by atoms with Crippen molar-refractivity contribution in [2.75, 3.05) is 11.9 Å². The van der Waals surface area contributed by atoms with Crippen molar-refractivity contribution in [1.82, 2.24) is 0 Å². The standard InChI is InChI=1S/C15H18F2N2O5/c16-15(17)12-7-10(3-6-13(12)19(22)23)18-9-1-4-11(5-2-9)24-8-14(20)21/h3,6-7,9,11,15,18H,1-2,4-5,8H2,(H,20,21)/t9-,11-. The molecule has 2 N–H and O–H groups in total. The van der Waals surface area contributed by atoms with E-state index in [1.54, 1.807) is 0 Å². The number of aliphatic carboxylic acids is 1. The van der Waals surface area contributed by atoms with E-state index < -0.39 is 28.6 Å². The van der Waals surface area contributed by atoms with Gasteiger partial charge in [-0.2, -0.15) is 0 Å². The molecule has 0 bridgehead atoms. The third-order valence-electron chi connectivity index (χ3n) is 3.95. The lowest BCUT2D eigenvalue weighted by atomic mass is 9.92. The summed E-state index contributed by atoms with van der Waals surface area (Å²) in [6, 6.07) is 3.62. The molecule has 7 nitrogen and oxygen atoms in total. The summed E-state index contributed by atoms with van der Waals surface area (Å²) in [6.45, 7) is -0.330. The number of hydrogen-bond acceptors (Lipinski definition) is 5. The van der Waals surface area contributed by atoms with E-state index in [1.165, 1.54) is 6.07 Å². The Hall–Kier alpha value is -2.29. The summed E-state index contributed by atoms with van der Waals surface area (Å²) in [6.07, 6.45) is -0.310. The first-order chi connectivity index (χ1) is 11.4. The second-order valence-corrected chi connectivity index (χ2v) is 5.65. The molecule has 1 aliphatic rings. The zero-order valence-corrected chi connectivity index (χ0v) is 12.8. The zero-order valence-electron chi connectivity index (χ0n) is 12.8. The molecular formula is C15H18F2N2O5. The van der Waals surface area contributed by atoms with Gasteiger partial charge in [0.05, 0.1) is 16.6 Å². The highest BCUT2D eigenvalue weighted by atomic mass is 19.3. The highest BCUT2D eigenvalue weighted by molar-refractivity contribution is 5.68. The van der Waals surface area contributed by atoms with E-state index >= 15 is 0 Å². The Morgan fingerprint density at radius 2 is 2.04 bits per heavy atom. The van der Waals surface area contributed by atoms with Gasteiger partial charge in [-0.15, -0.1) is 0 Å². The lowest BCUT2D eigenvalue weighted by molar-refractivity contribution is -0.386. The molecule has 2 rings (SSSR count). The molecule has 1 aromatic carbocycles. The van der Waals surface area contributed by atoms with Crippen LogP contribution in [0.1, 0.15) is 37.7 Å². The molecule has 0 heterocycles. The van der Waals surface area contributed by atoms with Crippen molar-refractivity contribution in [3.05, 3.63) is 33.9 Å². The molecule has 1 aromatic rings. The van der Waals surface area contributed by atoms with Crippen molar-refractivity contribution >= 4 is 17.3 Å². The highest BCUT2D eigenvalue weighted by Gasteiger charge is 2.25. The summed E-state index contributed by atoms with van der Waals surface area (Å²) in [5.41, 5.74) is -0.796. The normalized spacial score (nSPS) is 20.8. The third-order valence-corrected chi connectivity index (χ3v) is 3.95. The molecule has 0 amide bonds. The summed E-state index contributed by atoms with van der Waals surface area (Å²) in [7, 11) is 0. The van der Waals surface area contributed by atoms with E-state index in [-0.39, 0.29) is 18.8 Å². The largest absolute Gasteiger partial charge is 0.480 e. The van der Waals surface area contributed by atoms with Crippen LogP contribution < -0.4 is 5.32 Å². The summed E-state index contributed by atoms with van der Waals surface area (Å²) in [4.78, 5) is 20.4. The molecule has 24 heavy (non-hydrogen) atoms. The first-order valence-corrected chi connectivity index (χ1v) is 7.53. The number of alkyl halides is 2. The van der Waals surface area contributed by atoms with Crippen LogP contribution in [0.3, 0.4) is 0 Å². The van der Waals surface area contributed by atoms with Gasteiger partial charge >= 0.3 is 5.97 Å². The number of hydrogen-bond donors (Lipinski definition) is 2. The molecule has 9 heteroatoms. The first-order valence-electron chi connectivity index (χ1n) is 7.53. The molecule has 132 valence electrons. The highest BCUT2D eigenvalue weighted by Crippen LogP contribution is 2.32. The van der Waals surface area contributed by atoms with Crippen LogP contribution in [-0.4, -0.2) is 34.8 Å². The second-order valence-electron chi connectivity index (χ2n) is 5.65. The van der Waals surface area contributed by atoms with Gasteiger partial charge in [0.25, 0.3) is 12.1 Å². The molecule has 0 aliphatic heterocycles. The van der Waals surface area contributed by atoms with Crippen LogP contribution >= 0.6 is 0 Å². The predicted octanol–water partition coefficient (Wildman–Crippen LogP) is 3.36. The van der Waals surface area contributed by atoms with Gasteiger partial charge in [0.15, 0.2) is 0 Å². The molecule has 1 aliphatic carbocycles. The van der Waals surface area contributed by atoms with Crippen LogP contribution in [0, 0.1) is 10.1 Å². The van der Waals surface area contributed by atoms with Crippen LogP contribution in [0.2, 0.25) is 0 Å². The smallest absolute Gasteiger partial charge is 0.329 e. The number of carbonyl (C=O) groups is 1. The molecule has 0 unspecified atom stereocenters. The van der Waals surface area contributed by atoms with E-state index in [4.69, 9.17) is 9.84 Å². The topological polar surface area (TPSA) is 102 Å². The molecule has 0 atom stereocenters. The summed E-state index contributed by atoms with van der Waals surface area (Å²) in [5, 5.41) is 22.4. The Morgan fingerprint density at radius 1 is 1.38 bits per heavy atom. The van der Waals surface area contributed by atoms with Crippen molar-refractivity contribution in [1.29, 1.82) is 0 Å². The summed E-state index contributed by atoms with van der Waals surface area (Å²) in [5.74, 6) is -1.01. The van der Waals surface area contributed by atoms with Crippen LogP contribution in [-0.2, 0) is 9.53 Å². The number of halogens is 2. The van der Waals surface area contributed by atoms with Crippen LogP contribution in [0.15, 0.2) is 18.2 Å². The Bertz CT molecular complexity index is 604. The van der Waals surface area contributed by atoms with E-state index in [0.717, 1.165) is 12.1 Å². The fourth-order valence-corrected chi connectivity index (χ4v) is 2.78. The molecule has 0 spiro atoms. The Kier molecular flexibility index (Phi) is 6.02. The number of carboxylic acids is 1.